The summed E-state index contributed by atoms with van der Waals surface area (Å²) >= 11 is 0. The minimum absolute atomic E-state index is 0.916. The van der Waals surface area contributed by atoms with E-state index < -0.39 is 0 Å². The maximum Gasteiger partial charge on any atom is 0.0935 e. The quantitative estimate of drug-likeness (QED) is 0.610. The lowest BCUT2D eigenvalue weighted by atomic mass is 10.0. The van der Waals surface area contributed by atoms with Crippen LogP contribution in [0.25, 0.3) is 22.0 Å². The molecule has 0 unspecified atom stereocenters. The summed E-state index contributed by atoms with van der Waals surface area (Å²) in [5, 5.41) is 10.5. The van der Waals surface area contributed by atoms with Crippen LogP contribution in [-0.2, 0) is 0 Å². The average Bonchev–Trinajstić information content (AvgIpc) is 2.39. The first-order valence-electron chi connectivity index (χ1n) is 5.21. The molecule has 0 aliphatic rings. The molecule has 0 N–H and O–H groups in total. The van der Waals surface area contributed by atoms with Gasteiger partial charge >= 0.3 is 0 Å². The Balaban J connectivity index is 2.32. The molecule has 2 heteroatoms. The normalized spacial score (nSPS) is 10.5. The van der Waals surface area contributed by atoms with E-state index in [-0.39, 0.29) is 0 Å². The molecule has 76 valence electrons. The van der Waals surface area contributed by atoms with E-state index in [1.807, 2.05) is 30.3 Å². The Bertz CT molecular complexity index is 612. The van der Waals surface area contributed by atoms with Gasteiger partial charge in [-0.05, 0) is 22.9 Å². The molecule has 3 rings (SSSR count). The van der Waals surface area contributed by atoms with Crippen LogP contribution in [0.4, 0.5) is 0 Å². The van der Waals surface area contributed by atoms with Crippen molar-refractivity contribution in [1.29, 1.82) is 0 Å². The second kappa shape index (κ2) is 3.74. The van der Waals surface area contributed by atoms with Gasteiger partial charge < -0.3 is 0 Å². The van der Waals surface area contributed by atoms with Crippen molar-refractivity contribution < 1.29 is 0 Å². The van der Waals surface area contributed by atoms with Crippen LogP contribution in [0.2, 0.25) is 0 Å². The predicted molar refractivity (Wildman–Crippen MR) is 65.0 cm³/mol. The molecule has 3 aromatic rings. The molecule has 0 amide bonds. The third-order valence-corrected chi connectivity index (χ3v) is 2.64. The monoisotopic (exact) mass is 206 g/mol. The lowest BCUT2D eigenvalue weighted by Crippen LogP contribution is -1.86. The van der Waals surface area contributed by atoms with Gasteiger partial charge in [-0.15, -0.1) is 0 Å². The molecule has 16 heavy (non-hydrogen) atoms. The van der Waals surface area contributed by atoms with Crippen molar-refractivity contribution in [3.8, 4) is 11.3 Å². The largest absolute Gasteiger partial charge is 0.159 e. The summed E-state index contributed by atoms with van der Waals surface area (Å²) in [6, 6.07) is 18.4. The SMILES string of the molecule is c1cnnc(-c2cccc3ccccc23)c1. The van der Waals surface area contributed by atoms with Gasteiger partial charge in [-0.3, -0.25) is 0 Å². The van der Waals surface area contributed by atoms with Crippen LogP contribution < -0.4 is 0 Å². The Labute approximate surface area is 93.6 Å². The lowest BCUT2D eigenvalue weighted by molar-refractivity contribution is 1.04. The molecule has 0 aliphatic heterocycles. The van der Waals surface area contributed by atoms with E-state index in [0.717, 1.165) is 11.3 Å². The Morgan fingerprint density at radius 2 is 1.62 bits per heavy atom. The Hall–Kier alpha value is -2.22. The van der Waals surface area contributed by atoms with E-state index in [9.17, 15) is 0 Å². The molecule has 0 fully saturated rings. The van der Waals surface area contributed by atoms with Gasteiger partial charge in [0.05, 0.1) is 5.69 Å². The van der Waals surface area contributed by atoms with Gasteiger partial charge in [-0.2, -0.15) is 10.2 Å². The summed E-state index contributed by atoms with van der Waals surface area (Å²) in [7, 11) is 0. The number of rotatable bonds is 1. The van der Waals surface area contributed by atoms with Crippen LogP contribution in [-0.4, -0.2) is 10.2 Å². The standard InChI is InChI=1S/C14H10N2/c1-2-7-12-11(5-1)6-3-8-13(12)14-9-4-10-15-16-14/h1-10H. The molecular formula is C14H10N2. The molecule has 0 spiro atoms. The Morgan fingerprint density at radius 3 is 2.50 bits per heavy atom. The number of nitrogens with zero attached hydrogens (tertiary/aromatic N) is 2. The highest BCUT2D eigenvalue weighted by Gasteiger charge is 2.03. The van der Waals surface area contributed by atoms with E-state index in [4.69, 9.17) is 0 Å². The summed E-state index contributed by atoms with van der Waals surface area (Å²) in [4.78, 5) is 0. The minimum atomic E-state index is 0.916. The smallest absolute Gasteiger partial charge is 0.0935 e. The fraction of sp³-hybridized carbons (Fsp3) is 0. The van der Waals surface area contributed by atoms with E-state index in [2.05, 4.69) is 34.5 Å². The molecule has 0 saturated heterocycles. The predicted octanol–water partition coefficient (Wildman–Crippen LogP) is 3.30. The van der Waals surface area contributed by atoms with Gasteiger partial charge in [0.25, 0.3) is 0 Å². The Kier molecular flexibility index (Phi) is 2.11. The molecule has 0 radical (unpaired) electrons. The van der Waals surface area contributed by atoms with Crippen LogP contribution in [0.15, 0.2) is 60.8 Å². The molecule has 0 aliphatic carbocycles. The first-order valence-corrected chi connectivity index (χ1v) is 5.21. The first kappa shape index (κ1) is 9.04. The van der Waals surface area contributed by atoms with Crippen molar-refractivity contribution in [3.63, 3.8) is 0 Å². The summed E-state index contributed by atoms with van der Waals surface area (Å²) < 4.78 is 0. The zero-order valence-electron chi connectivity index (χ0n) is 8.67. The van der Waals surface area contributed by atoms with Crippen molar-refractivity contribution in [2.75, 3.05) is 0 Å². The minimum Gasteiger partial charge on any atom is -0.159 e. The molecule has 1 heterocycles. The number of fused-ring (bicyclic) bond motifs is 1. The highest BCUT2D eigenvalue weighted by molar-refractivity contribution is 5.95. The van der Waals surface area contributed by atoms with Crippen LogP contribution in [0.3, 0.4) is 0 Å². The van der Waals surface area contributed by atoms with Crippen LogP contribution in [0.5, 0.6) is 0 Å². The fourth-order valence-electron chi connectivity index (χ4n) is 1.89. The van der Waals surface area contributed by atoms with Crippen LogP contribution in [0, 0.1) is 0 Å². The average molecular weight is 206 g/mol. The first-order chi connectivity index (χ1) is 7.95. The maximum absolute atomic E-state index is 4.15. The molecule has 0 saturated carbocycles. The summed E-state index contributed by atoms with van der Waals surface area (Å²) in [6.07, 6.45) is 1.69. The molecule has 1 aromatic heterocycles. The fourth-order valence-corrected chi connectivity index (χ4v) is 1.89. The van der Waals surface area contributed by atoms with Crippen molar-refractivity contribution in [1.82, 2.24) is 10.2 Å². The Morgan fingerprint density at radius 1 is 0.750 bits per heavy atom. The highest BCUT2D eigenvalue weighted by atomic mass is 15.1. The van der Waals surface area contributed by atoms with E-state index >= 15 is 0 Å². The van der Waals surface area contributed by atoms with Gasteiger partial charge in [0, 0.05) is 11.8 Å². The highest BCUT2D eigenvalue weighted by Crippen LogP contribution is 2.26. The van der Waals surface area contributed by atoms with E-state index in [1.54, 1.807) is 6.20 Å². The van der Waals surface area contributed by atoms with Gasteiger partial charge in [0.15, 0.2) is 0 Å². The molecule has 0 atom stereocenters. The van der Waals surface area contributed by atoms with Crippen LogP contribution >= 0.6 is 0 Å². The van der Waals surface area contributed by atoms with Gasteiger partial charge in [0.1, 0.15) is 0 Å². The zero-order valence-corrected chi connectivity index (χ0v) is 8.67. The number of benzene rings is 2. The number of aromatic nitrogens is 2. The number of hydrogen-bond donors (Lipinski definition) is 0. The number of hydrogen-bond acceptors (Lipinski definition) is 2. The van der Waals surface area contributed by atoms with Gasteiger partial charge in [0.2, 0.25) is 0 Å². The van der Waals surface area contributed by atoms with Crippen molar-refractivity contribution in [3.05, 3.63) is 60.8 Å². The zero-order chi connectivity index (χ0) is 10.8. The summed E-state index contributed by atoms with van der Waals surface area (Å²) in [5.74, 6) is 0. The van der Waals surface area contributed by atoms with Crippen molar-refractivity contribution in [2.45, 2.75) is 0 Å². The van der Waals surface area contributed by atoms with Gasteiger partial charge in [-0.25, -0.2) is 0 Å². The van der Waals surface area contributed by atoms with Crippen molar-refractivity contribution in [2.24, 2.45) is 0 Å². The van der Waals surface area contributed by atoms with E-state index in [1.165, 1.54) is 10.8 Å². The molecule has 2 nitrogen and oxygen atoms in total. The second-order valence-electron chi connectivity index (χ2n) is 3.64. The molecule has 0 bridgehead atoms. The molecule has 2 aromatic carbocycles. The second-order valence-corrected chi connectivity index (χ2v) is 3.64. The van der Waals surface area contributed by atoms with Gasteiger partial charge in [-0.1, -0.05) is 42.5 Å². The van der Waals surface area contributed by atoms with Crippen LogP contribution in [0.1, 0.15) is 0 Å². The summed E-state index contributed by atoms with van der Waals surface area (Å²) in [6.45, 7) is 0. The third kappa shape index (κ3) is 1.44. The summed E-state index contributed by atoms with van der Waals surface area (Å²) in [5.41, 5.74) is 2.05. The van der Waals surface area contributed by atoms with Crippen molar-refractivity contribution >= 4 is 10.8 Å². The molecular weight excluding hydrogens is 196 g/mol. The lowest BCUT2D eigenvalue weighted by Gasteiger charge is -2.04. The maximum atomic E-state index is 4.15. The topological polar surface area (TPSA) is 25.8 Å². The van der Waals surface area contributed by atoms with E-state index in [0.29, 0.717) is 0 Å². The third-order valence-electron chi connectivity index (χ3n) is 2.64.